The van der Waals surface area contributed by atoms with Gasteiger partial charge in [-0.3, -0.25) is 9.89 Å². The van der Waals surface area contributed by atoms with Crippen LogP contribution in [0.15, 0.2) is 6.20 Å². The molecular formula is C16H25N3O. The van der Waals surface area contributed by atoms with Gasteiger partial charge in [-0.2, -0.15) is 5.10 Å². The predicted octanol–water partition coefficient (Wildman–Crippen LogP) is 2.74. The SMILES string of the molecule is O=C(CCC1CCCCC1)NC1CCc2cn[nH]c2C1. The number of nitrogens with one attached hydrogen (secondary N) is 2. The van der Waals surface area contributed by atoms with Gasteiger partial charge in [-0.05, 0) is 30.7 Å². The van der Waals surface area contributed by atoms with E-state index in [0.29, 0.717) is 12.5 Å². The molecule has 1 amide bonds. The first-order valence-corrected chi connectivity index (χ1v) is 8.12. The first-order chi connectivity index (χ1) is 9.81. The fraction of sp³-hybridized carbons (Fsp3) is 0.750. The molecular weight excluding hydrogens is 250 g/mol. The Morgan fingerprint density at radius 1 is 1.30 bits per heavy atom. The molecule has 3 rings (SSSR count). The normalized spacial score (nSPS) is 23.3. The van der Waals surface area contributed by atoms with E-state index < -0.39 is 0 Å². The van der Waals surface area contributed by atoms with Crippen LogP contribution >= 0.6 is 0 Å². The molecule has 0 bridgehead atoms. The number of nitrogens with zero attached hydrogens (tertiary/aromatic N) is 1. The van der Waals surface area contributed by atoms with Crippen LogP contribution in [0, 0.1) is 5.92 Å². The molecule has 0 spiro atoms. The summed E-state index contributed by atoms with van der Waals surface area (Å²) in [6.07, 6.45) is 13.4. The standard InChI is InChI=1S/C16H25N3O/c20-16(9-6-12-4-2-1-3-5-12)18-14-8-7-13-11-17-19-15(13)10-14/h11-12,14H,1-10H2,(H,17,19)(H,18,20). The van der Waals surface area contributed by atoms with Crippen LogP contribution < -0.4 is 5.32 Å². The number of hydrogen-bond acceptors (Lipinski definition) is 2. The van der Waals surface area contributed by atoms with Crippen molar-refractivity contribution in [1.29, 1.82) is 0 Å². The smallest absolute Gasteiger partial charge is 0.220 e. The molecule has 4 nitrogen and oxygen atoms in total. The van der Waals surface area contributed by atoms with Gasteiger partial charge in [0.15, 0.2) is 0 Å². The molecule has 0 radical (unpaired) electrons. The van der Waals surface area contributed by atoms with E-state index in [0.717, 1.165) is 31.6 Å². The van der Waals surface area contributed by atoms with Crippen molar-refractivity contribution in [3.05, 3.63) is 17.5 Å². The molecule has 1 aromatic heterocycles. The lowest BCUT2D eigenvalue weighted by molar-refractivity contribution is -0.122. The summed E-state index contributed by atoms with van der Waals surface area (Å²) in [5, 5.41) is 10.3. The Morgan fingerprint density at radius 2 is 2.15 bits per heavy atom. The molecule has 1 heterocycles. The third kappa shape index (κ3) is 3.41. The van der Waals surface area contributed by atoms with Crippen LogP contribution in [0.1, 0.15) is 62.6 Å². The van der Waals surface area contributed by atoms with Gasteiger partial charge in [0.2, 0.25) is 5.91 Å². The first-order valence-electron chi connectivity index (χ1n) is 8.12. The Labute approximate surface area is 120 Å². The van der Waals surface area contributed by atoms with Crippen molar-refractivity contribution in [1.82, 2.24) is 15.5 Å². The van der Waals surface area contributed by atoms with Crippen molar-refractivity contribution < 1.29 is 4.79 Å². The van der Waals surface area contributed by atoms with Gasteiger partial charge in [-0.15, -0.1) is 0 Å². The maximum absolute atomic E-state index is 12.1. The second kappa shape index (κ2) is 6.42. The summed E-state index contributed by atoms with van der Waals surface area (Å²) < 4.78 is 0. The highest BCUT2D eigenvalue weighted by molar-refractivity contribution is 5.76. The molecule has 2 N–H and O–H groups in total. The van der Waals surface area contributed by atoms with Crippen molar-refractivity contribution in [3.63, 3.8) is 0 Å². The Bertz CT molecular complexity index is 448. The Morgan fingerprint density at radius 3 is 3.00 bits per heavy atom. The molecule has 0 aromatic carbocycles. The summed E-state index contributed by atoms with van der Waals surface area (Å²) in [6.45, 7) is 0. The number of amides is 1. The largest absolute Gasteiger partial charge is 0.353 e. The van der Waals surface area contributed by atoms with Gasteiger partial charge in [-0.1, -0.05) is 32.1 Å². The number of rotatable bonds is 4. The van der Waals surface area contributed by atoms with E-state index in [4.69, 9.17) is 0 Å². The lowest BCUT2D eigenvalue weighted by Gasteiger charge is -2.24. The average Bonchev–Trinajstić information content (AvgIpc) is 2.94. The zero-order valence-electron chi connectivity index (χ0n) is 12.2. The van der Waals surface area contributed by atoms with Crippen molar-refractivity contribution in [2.75, 3.05) is 0 Å². The minimum atomic E-state index is 0.239. The monoisotopic (exact) mass is 275 g/mol. The molecule has 2 aliphatic carbocycles. The van der Waals surface area contributed by atoms with Crippen LogP contribution in [-0.2, 0) is 17.6 Å². The summed E-state index contributed by atoms with van der Waals surface area (Å²) in [5.41, 5.74) is 2.52. The molecule has 1 fully saturated rings. The highest BCUT2D eigenvalue weighted by atomic mass is 16.1. The quantitative estimate of drug-likeness (QED) is 0.887. The molecule has 1 atom stereocenters. The minimum absolute atomic E-state index is 0.239. The Balaban J connectivity index is 1.41. The second-order valence-electron chi connectivity index (χ2n) is 6.42. The highest BCUT2D eigenvalue weighted by Crippen LogP contribution is 2.27. The Hall–Kier alpha value is -1.32. The maximum atomic E-state index is 12.1. The van der Waals surface area contributed by atoms with Gasteiger partial charge in [0, 0.05) is 24.6 Å². The van der Waals surface area contributed by atoms with Crippen LogP contribution in [0.3, 0.4) is 0 Å². The van der Waals surface area contributed by atoms with E-state index in [1.54, 1.807) is 0 Å². The highest BCUT2D eigenvalue weighted by Gasteiger charge is 2.22. The van der Waals surface area contributed by atoms with E-state index in [-0.39, 0.29) is 5.91 Å². The van der Waals surface area contributed by atoms with Crippen molar-refractivity contribution >= 4 is 5.91 Å². The lowest BCUT2D eigenvalue weighted by Crippen LogP contribution is -2.38. The number of carbonyl (C=O) groups excluding carboxylic acids is 1. The maximum Gasteiger partial charge on any atom is 0.220 e. The molecule has 1 unspecified atom stereocenters. The predicted molar refractivity (Wildman–Crippen MR) is 78.4 cm³/mol. The molecule has 4 heteroatoms. The van der Waals surface area contributed by atoms with Gasteiger partial charge >= 0.3 is 0 Å². The fourth-order valence-electron chi connectivity index (χ4n) is 3.64. The van der Waals surface area contributed by atoms with Gasteiger partial charge < -0.3 is 5.32 Å². The molecule has 2 aliphatic rings. The summed E-state index contributed by atoms with van der Waals surface area (Å²) in [5.74, 6) is 1.03. The zero-order valence-corrected chi connectivity index (χ0v) is 12.2. The summed E-state index contributed by atoms with van der Waals surface area (Å²) in [6, 6.07) is 0.293. The number of H-pyrrole nitrogens is 1. The van der Waals surface area contributed by atoms with Crippen LogP contribution in [0.4, 0.5) is 0 Å². The Kier molecular flexibility index (Phi) is 4.38. The van der Waals surface area contributed by atoms with Gasteiger partial charge in [0.05, 0.1) is 6.20 Å². The molecule has 0 saturated heterocycles. The number of aryl methyl sites for hydroxylation is 1. The fourth-order valence-corrected chi connectivity index (χ4v) is 3.64. The summed E-state index contributed by atoms with van der Waals surface area (Å²) in [7, 11) is 0. The number of aromatic nitrogens is 2. The lowest BCUT2D eigenvalue weighted by atomic mass is 9.86. The second-order valence-corrected chi connectivity index (χ2v) is 6.42. The van der Waals surface area contributed by atoms with Crippen LogP contribution in [0.5, 0.6) is 0 Å². The summed E-state index contributed by atoms with van der Waals surface area (Å²) >= 11 is 0. The van der Waals surface area contributed by atoms with Gasteiger partial charge in [-0.25, -0.2) is 0 Å². The number of hydrogen-bond donors (Lipinski definition) is 2. The molecule has 1 aromatic rings. The molecule has 110 valence electrons. The van der Waals surface area contributed by atoms with E-state index in [1.807, 2.05) is 6.20 Å². The van der Waals surface area contributed by atoms with Crippen LogP contribution in [-0.4, -0.2) is 22.1 Å². The van der Waals surface area contributed by atoms with E-state index in [1.165, 1.54) is 43.4 Å². The van der Waals surface area contributed by atoms with Gasteiger partial charge in [0.1, 0.15) is 0 Å². The summed E-state index contributed by atoms with van der Waals surface area (Å²) in [4.78, 5) is 12.1. The third-order valence-corrected chi connectivity index (χ3v) is 4.89. The van der Waals surface area contributed by atoms with Crippen molar-refractivity contribution in [3.8, 4) is 0 Å². The zero-order chi connectivity index (χ0) is 13.8. The van der Waals surface area contributed by atoms with Crippen LogP contribution in [0.25, 0.3) is 0 Å². The third-order valence-electron chi connectivity index (χ3n) is 4.89. The number of aromatic amines is 1. The van der Waals surface area contributed by atoms with E-state index >= 15 is 0 Å². The van der Waals surface area contributed by atoms with Crippen molar-refractivity contribution in [2.24, 2.45) is 5.92 Å². The van der Waals surface area contributed by atoms with Crippen LogP contribution in [0.2, 0.25) is 0 Å². The van der Waals surface area contributed by atoms with E-state index in [2.05, 4.69) is 15.5 Å². The topological polar surface area (TPSA) is 57.8 Å². The molecule has 0 aliphatic heterocycles. The molecule has 20 heavy (non-hydrogen) atoms. The molecule has 1 saturated carbocycles. The number of carbonyl (C=O) groups is 1. The minimum Gasteiger partial charge on any atom is -0.353 e. The van der Waals surface area contributed by atoms with Gasteiger partial charge in [0.25, 0.3) is 0 Å². The average molecular weight is 275 g/mol. The van der Waals surface area contributed by atoms with Crippen molar-refractivity contribution in [2.45, 2.75) is 70.3 Å². The number of fused-ring (bicyclic) bond motifs is 1. The first kappa shape index (κ1) is 13.7. The van der Waals surface area contributed by atoms with E-state index in [9.17, 15) is 4.79 Å².